The van der Waals surface area contributed by atoms with Crippen LogP contribution in [0.25, 0.3) is 0 Å². The number of anilines is 1. The average molecular weight is 312 g/mol. The van der Waals surface area contributed by atoms with Crippen molar-refractivity contribution in [1.82, 2.24) is 0 Å². The van der Waals surface area contributed by atoms with E-state index in [0.29, 0.717) is 15.7 Å². The highest BCUT2D eigenvalue weighted by molar-refractivity contribution is 6.36. The predicted octanol–water partition coefficient (Wildman–Crippen LogP) is 3.97. The van der Waals surface area contributed by atoms with Crippen LogP contribution >= 0.6 is 23.2 Å². The normalized spacial score (nSPS) is 10.3. The SMILES string of the molecule is Cc1cc(Cl)c(NC(=O)c2ccc(O)c(O)c2)cc1Cl. The van der Waals surface area contributed by atoms with Crippen molar-refractivity contribution in [1.29, 1.82) is 0 Å². The molecule has 0 radical (unpaired) electrons. The molecule has 0 fully saturated rings. The molecule has 2 rings (SSSR count). The maximum absolute atomic E-state index is 12.0. The van der Waals surface area contributed by atoms with Gasteiger partial charge in [-0.05, 0) is 42.8 Å². The second-order valence-corrected chi connectivity index (χ2v) is 5.05. The summed E-state index contributed by atoms with van der Waals surface area (Å²) in [5, 5.41) is 22.0. The van der Waals surface area contributed by atoms with Gasteiger partial charge in [0, 0.05) is 10.6 Å². The van der Waals surface area contributed by atoms with Gasteiger partial charge in [0.25, 0.3) is 5.91 Å². The van der Waals surface area contributed by atoms with Crippen molar-refractivity contribution >= 4 is 34.8 Å². The van der Waals surface area contributed by atoms with Crippen LogP contribution < -0.4 is 5.32 Å². The van der Waals surface area contributed by atoms with Crippen LogP contribution in [-0.4, -0.2) is 16.1 Å². The number of hydrogen-bond donors (Lipinski definition) is 3. The van der Waals surface area contributed by atoms with Crippen molar-refractivity contribution in [2.24, 2.45) is 0 Å². The van der Waals surface area contributed by atoms with Crippen molar-refractivity contribution in [3.05, 3.63) is 51.5 Å². The van der Waals surface area contributed by atoms with E-state index in [4.69, 9.17) is 23.2 Å². The van der Waals surface area contributed by atoms with E-state index >= 15 is 0 Å². The molecule has 2 aromatic rings. The molecule has 0 heterocycles. The first-order valence-electron chi connectivity index (χ1n) is 5.67. The summed E-state index contributed by atoms with van der Waals surface area (Å²) in [5.74, 6) is -1.13. The smallest absolute Gasteiger partial charge is 0.255 e. The molecular weight excluding hydrogens is 301 g/mol. The Balaban J connectivity index is 2.27. The van der Waals surface area contributed by atoms with Gasteiger partial charge in [-0.1, -0.05) is 23.2 Å². The van der Waals surface area contributed by atoms with Crippen LogP contribution in [0.3, 0.4) is 0 Å². The summed E-state index contributed by atoms with van der Waals surface area (Å²) in [6.45, 7) is 1.80. The van der Waals surface area contributed by atoms with Crippen LogP contribution in [-0.2, 0) is 0 Å². The quantitative estimate of drug-likeness (QED) is 0.735. The van der Waals surface area contributed by atoms with E-state index in [2.05, 4.69) is 5.32 Å². The first kappa shape index (κ1) is 14.5. The van der Waals surface area contributed by atoms with Crippen LogP contribution in [0.2, 0.25) is 10.0 Å². The number of nitrogens with one attached hydrogen (secondary N) is 1. The molecule has 6 heteroatoms. The Labute approximate surface area is 125 Å². The summed E-state index contributed by atoms with van der Waals surface area (Å²) in [4.78, 5) is 12.0. The molecule has 2 aromatic carbocycles. The fourth-order valence-electron chi connectivity index (χ4n) is 1.60. The summed E-state index contributed by atoms with van der Waals surface area (Å²) >= 11 is 12.0. The number of aryl methyl sites for hydroxylation is 1. The van der Waals surface area contributed by atoms with Gasteiger partial charge in [-0.2, -0.15) is 0 Å². The molecule has 4 nitrogen and oxygen atoms in total. The number of rotatable bonds is 2. The van der Waals surface area contributed by atoms with Gasteiger partial charge in [-0.15, -0.1) is 0 Å². The van der Waals surface area contributed by atoms with E-state index in [1.165, 1.54) is 12.1 Å². The maximum atomic E-state index is 12.0. The van der Waals surface area contributed by atoms with Gasteiger partial charge < -0.3 is 15.5 Å². The Morgan fingerprint density at radius 3 is 2.40 bits per heavy atom. The maximum Gasteiger partial charge on any atom is 0.255 e. The zero-order valence-electron chi connectivity index (χ0n) is 10.4. The third kappa shape index (κ3) is 2.98. The lowest BCUT2D eigenvalue weighted by atomic mass is 10.1. The number of amides is 1. The monoisotopic (exact) mass is 311 g/mol. The zero-order chi connectivity index (χ0) is 14.9. The number of halogens is 2. The standard InChI is InChI=1S/C14H11Cl2NO3/c1-7-4-10(16)11(6-9(7)15)17-14(20)8-2-3-12(18)13(19)5-8/h2-6,18-19H,1H3,(H,17,20). The highest BCUT2D eigenvalue weighted by atomic mass is 35.5. The number of phenolic OH excluding ortho intramolecular Hbond substituents is 2. The Bertz CT molecular complexity index is 686. The Kier molecular flexibility index (Phi) is 4.06. The number of hydrogen-bond acceptors (Lipinski definition) is 3. The van der Waals surface area contributed by atoms with E-state index in [0.717, 1.165) is 11.6 Å². The molecule has 0 saturated carbocycles. The fraction of sp³-hybridized carbons (Fsp3) is 0.0714. The van der Waals surface area contributed by atoms with Crippen LogP contribution in [0, 0.1) is 6.92 Å². The van der Waals surface area contributed by atoms with E-state index in [-0.39, 0.29) is 17.1 Å². The Morgan fingerprint density at radius 1 is 1.05 bits per heavy atom. The third-order valence-corrected chi connectivity index (χ3v) is 3.45. The van der Waals surface area contributed by atoms with Crippen LogP contribution in [0.15, 0.2) is 30.3 Å². The molecule has 0 saturated heterocycles. The van der Waals surface area contributed by atoms with Gasteiger partial charge in [0.05, 0.1) is 10.7 Å². The van der Waals surface area contributed by atoms with E-state index in [1.807, 2.05) is 0 Å². The molecule has 3 N–H and O–H groups in total. The summed E-state index contributed by atoms with van der Waals surface area (Å²) in [7, 11) is 0. The van der Waals surface area contributed by atoms with E-state index < -0.39 is 5.91 Å². The van der Waals surface area contributed by atoms with Gasteiger partial charge in [0.2, 0.25) is 0 Å². The molecule has 1 amide bonds. The lowest BCUT2D eigenvalue weighted by Gasteiger charge is -2.10. The fourth-order valence-corrected chi connectivity index (χ4v) is 2.03. The van der Waals surface area contributed by atoms with Crippen LogP contribution in [0.4, 0.5) is 5.69 Å². The molecule has 0 atom stereocenters. The van der Waals surface area contributed by atoms with Gasteiger partial charge >= 0.3 is 0 Å². The van der Waals surface area contributed by atoms with E-state index in [1.54, 1.807) is 19.1 Å². The molecule has 0 unspecified atom stereocenters. The molecule has 20 heavy (non-hydrogen) atoms. The predicted molar refractivity (Wildman–Crippen MR) is 78.9 cm³/mol. The highest BCUT2D eigenvalue weighted by Gasteiger charge is 2.12. The molecule has 0 spiro atoms. The zero-order valence-corrected chi connectivity index (χ0v) is 12.0. The van der Waals surface area contributed by atoms with Crippen molar-refractivity contribution < 1.29 is 15.0 Å². The van der Waals surface area contributed by atoms with Crippen molar-refractivity contribution in [2.45, 2.75) is 6.92 Å². The number of phenols is 2. The second-order valence-electron chi connectivity index (χ2n) is 4.24. The Hall–Kier alpha value is -1.91. The molecular formula is C14H11Cl2NO3. The van der Waals surface area contributed by atoms with Crippen molar-refractivity contribution in [2.75, 3.05) is 5.32 Å². The number of benzene rings is 2. The molecule has 0 aliphatic heterocycles. The second kappa shape index (κ2) is 5.61. The van der Waals surface area contributed by atoms with Gasteiger partial charge in [-0.3, -0.25) is 4.79 Å². The Morgan fingerprint density at radius 2 is 1.75 bits per heavy atom. The van der Waals surface area contributed by atoms with E-state index in [9.17, 15) is 15.0 Å². The topological polar surface area (TPSA) is 69.6 Å². The van der Waals surface area contributed by atoms with Crippen LogP contribution in [0.1, 0.15) is 15.9 Å². The first-order chi connectivity index (χ1) is 9.38. The lowest BCUT2D eigenvalue weighted by molar-refractivity contribution is 0.102. The van der Waals surface area contributed by atoms with Crippen LogP contribution in [0.5, 0.6) is 11.5 Å². The van der Waals surface area contributed by atoms with Crippen molar-refractivity contribution in [3.63, 3.8) is 0 Å². The number of carbonyl (C=O) groups excluding carboxylic acids is 1. The molecule has 0 bridgehead atoms. The summed E-state index contributed by atoms with van der Waals surface area (Å²) in [6, 6.07) is 6.97. The van der Waals surface area contributed by atoms with Gasteiger partial charge in [0.1, 0.15) is 0 Å². The minimum atomic E-state index is -0.470. The highest BCUT2D eigenvalue weighted by Crippen LogP contribution is 2.30. The largest absolute Gasteiger partial charge is 0.504 e. The number of carbonyl (C=O) groups is 1. The minimum absolute atomic E-state index is 0.188. The minimum Gasteiger partial charge on any atom is -0.504 e. The lowest BCUT2D eigenvalue weighted by Crippen LogP contribution is -2.12. The summed E-state index contributed by atoms with van der Waals surface area (Å²) in [5.41, 5.74) is 1.37. The summed E-state index contributed by atoms with van der Waals surface area (Å²) < 4.78 is 0. The molecule has 0 aliphatic rings. The summed E-state index contributed by atoms with van der Waals surface area (Å²) in [6.07, 6.45) is 0. The van der Waals surface area contributed by atoms with Crippen molar-refractivity contribution in [3.8, 4) is 11.5 Å². The molecule has 0 aliphatic carbocycles. The third-order valence-electron chi connectivity index (χ3n) is 2.73. The van der Waals surface area contributed by atoms with Gasteiger partial charge in [0.15, 0.2) is 11.5 Å². The van der Waals surface area contributed by atoms with Gasteiger partial charge in [-0.25, -0.2) is 0 Å². The molecule has 0 aromatic heterocycles. The average Bonchev–Trinajstić information content (AvgIpc) is 2.39. The first-order valence-corrected chi connectivity index (χ1v) is 6.43. The number of aromatic hydroxyl groups is 2. The molecule has 104 valence electrons.